The highest BCUT2D eigenvalue weighted by Crippen LogP contribution is 2.28. The molecule has 2 fully saturated rings. The molecule has 1 saturated carbocycles. The molecule has 3 heteroatoms. The van der Waals surface area contributed by atoms with E-state index in [0.717, 1.165) is 18.9 Å². The number of nitrogens with zero attached hydrogens (tertiary/aromatic N) is 1. The third-order valence-electron chi connectivity index (χ3n) is 4.90. The van der Waals surface area contributed by atoms with Gasteiger partial charge in [0.25, 0.3) is 0 Å². The van der Waals surface area contributed by atoms with Crippen LogP contribution in [-0.2, 0) is 4.79 Å². The smallest absolute Gasteiger partial charge is 0.241 e. The summed E-state index contributed by atoms with van der Waals surface area (Å²) in [6, 6.07) is 0.0496. The highest BCUT2D eigenvalue weighted by molar-refractivity contribution is 5.84. The van der Waals surface area contributed by atoms with E-state index in [1.807, 2.05) is 0 Å². The summed E-state index contributed by atoms with van der Waals surface area (Å²) >= 11 is 0. The number of hydrogen-bond donors (Lipinski definition) is 1. The maximum Gasteiger partial charge on any atom is 0.241 e. The molecule has 1 aliphatic heterocycles. The lowest BCUT2D eigenvalue weighted by atomic mass is 9.99. The molecular weight excluding hydrogens is 224 g/mol. The third kappa shape index (κ3) is 2.87. The fourth-order valence-corrected chi connectivity index (χ4v) is 3.36. The molecule has 1 saturated heterocycles. The van der Waals surface area contributed by atoms with Crippen molar-refractivity contribution in [2.24, 2.45) is 11.8 Å². The summed E-state index contributed by atoms with van der Waals surface area (Å²) < 4.78 is 0. The first-order valence-corrected chi connectivity index (χ1v) is 7.70. The summed E-state index contributed by atoms with van der Waals surface area (Å²) in [6.07, 6.45) is 8.01. The minimum atomic E-state index is 0.0496. The quantitative estimate of drug-likeness (QED) is 0.816. The Morgan fingerprint density at radius 2 is 2.06 bits per heavy atom. The van der Waals surface area contributed by atoms with E-state index in [0.29, 0.717) is 11.8 Å². The summed E-state index contributed by atoms with van der Waals surface area (Å²) in [5.41, 5.74) is 0. The van der Waals surface area contributed by atoms with Gasteiger partial charge in [0.15, 0.2) is 0 Å². The predicted molar refractivity (Wildman–Crippen MR) is 74.1 cm³/mol. The predicted octanol–water partition coefficient (Wildman–Crippen LogP) is 2.76. The van der Waals surface area contributed by atoms with Crippen molar-refractivity contribution in [3.05, 3.63) is 0 Å². The van der Waals surface area contributed by atoms with E-state index in [2.05, 4.69) is 31.0 Å². The van der Waals surface area contributed by atoms with Gasteiger partial charge in [-0.15, -0.1) is 0 Å². The zero-order valence-electron chi connectivity index (χ0n) is 12.1. The first-order valence-electron chi connectivity index (χ1n) is 7.70. The minimum absolute atomic E-state index is 0.0496. The van der Waals surface area contributed by atoms with Crippen LogP contribution in [0, 0.1) is 11.8 Å². The van der Waals surface area contributed by atoms with Gasteiger partial charge in [0.1, 0.15) is 0 Å². The highest BCUT2D eigenvalue weighted by Gasteiger charge is 2.38. The van der Waals surface area contributed by atoms with Gasteiger partial charge < -0.3 is 4.90 Å². The van der Waals surface area contributed by atoms with Crippen LogP contribution in [0.15, 0.2) is 0 Å². The number of hydrogen-bond acceptors (Lipinski definition) is 2. The molecule has 1 heterocycles. The lowest BCUT2D eigenvalue weighted by molar-refractivity contribution is -0.130. The van der Waals surface area contributed by atoms with Crippen LogP contribution in [-0.4, -0.2) is 29.6 Å². The standard InChI is InChI=1S/C15H28N2O/c1-4-11(2)14-15(18)17(12(3)16-14)10-9-13-7-5-6-8-13/h11-14,16H,4-10H2,1-3H3. The Morgan fingerprint density at radius 3 is 2.67 bits per heavy atom. The Hall–Kier alpha value is -0.570. The van der Waals surface area contributed by atoms with E-state index in [-0.39, 0.29) is 12.2 Å². The molecule has 2 aliphatic rings. The summed E-state index contributed by atoms with van der Waals surface area (Å²) in [5, 5.41) is 3.46. The van der Waals surface area contributed by atoms with E-state index >= 15 is 0 Å². The summed E-state index contributed by atoms with van der Waals surface area (Å²) in [7, 11) is 0. The van der Waals surface area contributed by atoms with E-state index in [1.165, 1.54) is 32.1 Å². The normalized spacial score (nSPS) is 31.3. The van der Waals surface area contributed by atoms with Crippen LogP contribution in [0.3, 0.4) is 0 Å². The highest BCUT2D eigenvalue weighted by atomic mass is 16.2. The Kier molecular flexibility index (Phi) is 4.66. The van der Waals surface area contributed by atoms with Gasteiger partial charge in [-0.1, -0.05) is 46.0 Å². The molecule has 0 aromatic carbocycles. The largest absolute Gasteiger partial charge is 0.326 e. The van der Waals surface area contributed by atoms with Crippen molar-refractivity contribution in [2.45, 2.75) is 71.5 Å². The molecule has 0 radical (unpaired) electrons. The summed E-state index contributed by atoms with van der Waals surface area (Å²) in [5.74, 6) is 1.64. The fraction of sp³-hybridized carbons (Fsp3) is 0.933. The van der Waals surface area contributed by atoms with E-state index in [9.17, 15) is 4.79 Å². The molecule has 3 unspecified atom stereocenters. The van der Waals surface area contributed by atoms with Crippen LogP contribution in [0.25, 0.3) is 0 Å². The first kappa shape index (κ1) is 13.9. The average Bonchev–Trinajstić information content (AvgIpc) is 2.96. The summed E-state index contributed by atoms with van der Waals surface area (Å²) in [6.45, 7) is 7.40. The molecule has 1 amide bonds. The third-order valence-corrected chi connectivity index (χ3v) is 4.90. The maximum absolute atomic E-state index is 12.4. The van der Waals surface area contributed by atoms with Crippen molar-refractivity contribution in [2.75, 3.05) is 6.54 Å². The molecule has 1 aliphatic carbocycles. The zero-order valence-corrected chi connectivity index (χ0v) is 12.1. The van der Waals surface area contributed by atoms with Crippen LogP contribution in [0.1, 0.15) is 59.3 Å². The number of carbonyl (C=O) groups is 1. The molecule has 2 rings (SSSR count). The molecule has 0 aromatic rings. The average molecular weight is 252 g/mol. The van der Waals surface area contributed by atoms with Gasteiger partial charge in [-0.2, -0.15) is 0 Å². The van der Waals surface area contributed by atoms with Crippen LogP contribution in [0.4, 0.5) is 0 Å². The second kappa shape index (κ2) is 6.05. The van der Waals surface area contributed by atoms with Gasteiger partial charge in [0.2, 0.25) is 5.91 Å². The van der Waals surface area contributed by atoms with Crippen molar-refractivity contribution < 1.29 is 4.79 Å². The Bertz CT molecular complexity index is 286. The molecule has 0 aromatic heterocycles. The molecule has 18 heavy (non-hydrogen) atoms. The van der Waals surface area contributed by atoms with Gasteiger partial charge in [-0.25, -0.2) is 0 Å². The van der Waals surface area contributed by atoms with Crippen molar-refractivity contribution >= 4 is 5.91 Å². The second-order valence-electron chi connectivity index (χ2n) is 6.18. The molecule has 0 bridgehead atoms. The fourth-order valence-electron chi connectivity index (χ4n) is 3.36. The van der Waals surface area contributed by atoms with Crippen LogP contribution >= 0.6 is 0 Å². The Labute approximate surface area is 111 Å². The minimum Gasteiger partial charge on any atom is -0.326 e. The monoisotopic (exact) mass is 252 g/mol. The van der Waals surface area contributed by atoms with Gasteiger partial charge in [-0.3, -0.25) is 10.1 Å². The SMILES string of the molecule is CCC(C)C1NC(C)N(CCC2CCCC2)C1=O. The number of carbonyl (C=O) groups excluding carboxylic acids is 1. The molecule has 3 nitrogen and oxygen atoms in total. The topological polar surface area (TPSA) is 32.3 Å². The van der Waals surface area contributed by atoms with Crippen LogP contribution in [0.2, 0.25) is 0 Å². The van der Waals surface area contributed by atoms with Gasteiger partial charge in [-0.05, 0) is 25.2 Å². The number of amides is 1. The Morgan fingerprint density at radius 1 is 1.39 bits per heavy atom. The zero-order chi connectivity index (χ0) is 13.1. The molecule has 3 atom stereocenters. The van der Waals surface area contributed by atoms with Crippen LogP contribution < -0.4 is 5.32 Å². The van der Waals surface area contributed by atoms with Gasteiger partial charge in [0.05, 0.1) is 12.2 Å². The van der Waals surface area contributed by atoms with Crippen molar-refractivity contribution in [1.29, 1.82) is 0 Å². The van der Waals surface area contributed by atoms with Gasteiger partial charge >= 0.3 is 0 Å². The van der Waals surface area contributed by atoms with E-state index in [1.54, 1.807) is 0 Å². The van der Waals surface area contributed by atoms with Crippen LogP contribution in [0.5, 0.6) is 0 Å². The molecule has 0 spiro atoms. The van der Waals surface area contributed by atoms with E-state index < -0.39 is 0 Å². The van der Waals surface area contributed by atoms with Crippen molar-refractivity contribution in [3.8, 4) is 0 Å². The van der Waals surface area contributed by atoms with Gasteiger partial charge in [0, 0.05) is 6.54 Å². The maximum atomic E-state index is 12.4. The summed E-state index contributed by atoms with van der Waals surface area (Å²) in [4.78, 5) is 14.4. The molecule has 1 N–H and O–H groups in total. The number of nitrogens with one attached hydrogen (secondary N) is 1. The first-order chi connectivity index (χ1) is 8.63. The van der Waals surface area contributed by atoms with E-state index in [4.69, 9.17) is 0 Å². The van der Waals surface area contributed by atoms with Crippen molar-refractivity contribution in [3.63, 3.8) is 0 Å². The molecular formula is C15H28N2O. The Balaban J connectivity index is 1.86. The molecule has 104 valence electrons. The van der Waals surface area contributed by atoms with Crippen molar-refractivity contribution in [1.82, 2.24) is 10.2 Å². The second-order valence-corrected chi connectivity index (χ2v) is 6.18. The lowest BCUT2D eigenvalue weighted by Gasteiger charge is -2.22. The number of rotatable bonds is 5. The lowest BCUT2D eigenvalue weighted by Crippen LogP contribution is -2.36.